The summed E-state index contributed by atoms with van der Waals surface area (Å²) in [4.78, 5) is 29.5. The van der Waals surface area contributed by atoms with E-state index < -0.39 is 0 Å². The SMILES string of the molecule is CC(=O)N(C)CCC/C=C(\c1ccc(S)cc1)c1ccc(C2CC2)c(=O)[nH]1. The van der Waals surface area contributed by atoms with Gasteiger partial charge in [0.1, 0.15) is 0 Å². The number of hydrogen-bond acceptors (Lipinski definition) is 3. The van der Waals surface area contributed by atoms with E-state index in [1.165, 1.54) is 0 Å². The number of hydrogen-bond donors (Lipinski definition) is 2. The number of nitrogens with one attached hydrogen (secondary N) is 1. The maximum Gasteiger partial charge on any atom is 0.251 e. The van der Waals surface area contributed by atoms with Crippen LogP contribution in [-0.2, 0) is 4.79 Å². The second-order valence-corrected chi connectivity index (χ2v) is 7.69. The Hall–Kier alpha value is -2.27. The summed E-state index contributed by atoms with van der Waals surface area (Å²) in [5, 5.41) is 0. The Morgan fingerprint density at radius 3 is 2.52 bits per heavy atom. The second-order valence-electron chi connectivity index (χ2n) is 7.18. The van der Waals surface area contributed by atoms with E-state index in [4.69, 9.17) is 0 Å². The number of H-pyrrole nitrogens is 1. The largest absolute Gasteiger partial charge is 0.346 e. The summed E-state index contributed by atoms with van der Waals surface area (Å²) in [6, 6.07) is 11.9. The fraction of sp³-hybridized carbons (Fsp3) is 0.364. The maximum absolute atomic E-state index is 12.5. The molecule has 2 aromatic rings. The molecule has 1 aliphatic carbocycles. The molecule has 27 heavy (non-hydrogen) atoms. The molecule has 1 N–H and O–H groups in total. The Morgan fingerprint density at radius 2 is 1.93 bits per heavy atom. The van der Waals surface area contributed by atoms with Gasteiger partial charge in [0, 0.05) is 42.2 Å². The first-order valence-electron chi connectivity index (χ1n) is 9.40. The van der Waals surface area contributed by atoms with E-state index >= 15 is 0 Å². The molecule has 0 bridgehead atoms. The van der Waals surface area contributed by atoms with E-state index in [9.17, 15) is 9.59 Å². The van der Waals surface area contributed by atoms with Gasteiger partial charge in [-0.15, -0.1) is 12.6 Å². The predicted octanol–water partition coefficient (Wildman–Crippen LogP) is 4.23. The van der Waals surface area contributed by atoms with Crippen molar-refractivity contribution in [3.63, 3.8) is 0 Å². The fourth-order valence-corrected chi connectivity index (χ4v) is 3.26. The molecule has 1 aromatic heterocycles. The molecule has 1 amide bonds. The molecular weight excluding hydrogens is 356 g/mol. The second kappa shape index (κ2) is 8.61. The highest BCUT2D eigenvalue weighted by Gasteiger charge is 2.26. The highest BCUT2D eigenvalue weighted by Crippen LogP contribution is 2.38. The summed E-state index contributed by atoms with van der Waals surface area (Å²) in [6.45, 7) is 2.29. The molecule has 0 aliphatic heterocycles. The highest BCUT2D eigenvalue weighted by atomic mass is 32.1. The zero-order chi connectivity index (χ0) is 19.4. The molecule has 1 aliphatic rings. The summed E-state index contributed by atoms with van der Waals surface area (Å²) >= 11 is 4.36. The van der Waals surface area contributed by atoms with Crippen LogP contribution in [0.2, 0.25) is 0 Å². The van der Waals surface area contributed by atoms with Gasteiger partial charge >= 0.3 is 0 Å². The van der Waals surface area contributed by atoms with Crippen molar-refractivity contribution in [1.82, 2.24) is 9.88 Å². The summed E-state index contributed by atoms with van der Waals surface area (Å²) in [7, 11) is 1.81. The normalized spacial score (nSPS) is 14.3. The molecule has 3 rings (SSSR count). The molecule has 1 saturated carbocycles. The number of carbonyl (C=O) groups is 1. The summed E-state index contributed by atoms with van der Waals surface area (Å²) in [6.07, 6.45) is 6.05. The quantitative estimate of drug-likeness (QED) is 0.556. The zero-order valence-corrected chi connectivity index (χ0v) is 16.8. The highest BCUT2D eigenvalue weighted by molar-refractivity contribution is 7.80. The summed E-state index contributed by atoms with van der Waals surface area (Å²) < 4.78 is 0. The molecule has 142 valence electrons. The lowest BCUT2D eigenvalue weighted by Crippen LogP contribution is -2.24. The molecular formula is C22H26N2O2S. The Balaban J connectivity index is 1.84. The molecule has 4 nitrogen and oxygen atoms in total. The number of rotatable bonds is 7. The summed E-state index contributed by atoms with van der Waals surface area (Å²) in [5.74, 6) is 0.504. The molecule has 0 radical (unpaired) electrons. The van der Waals surface area contributed by atoms with Crippen LogP contribution in [0.15, 0.2) is 52.2 Å². The van der Waals surface area contributed by atoms with Gasteiger partial charge in [0.2, 0.25) is 5.91 Å². The lowest BCUT2D eigenvalue weighted by atomic mass is 9.99. The van der Waals surface area contributed by atoms with Crippen molar-refractivity contribution in [2.24, 2.45) is 0 Å². The monoisotopic (exact) mass is 382 g/mol. The first kappa shape index (κ1) is 19.5. The van der Waals surface area contributed by atoms with Crippen molar-refractivity contribution in [3.05, 3.63) is 69.6 Å². The van der Waals surface area contributed by atoms with Crippen molar-refractivity contribution in [1.29, 1.82) is 0 Å². The number of pyridine rings is 1. The van der Waals surface area contributed by atoms with Gasteiger partial charge in [-0.25, -0.2) is 0 Å². The smallest absolute Gasteiger partial charge is 0.251 e. The molecule has 0 saturated heterocycles. The predicted molar refractivity (Wildman–Crippen MR) is 112 cm³/mol. The third-order valence-electron chi connectivity index (χ3n) is 5.01. The van der Waals surface area contributed by atoms with Gasteiger partial charge < -0.3 is 9.88 Å². The van der Waals surface area contributed by atoms with Crippen LogP contribution in [0.4, 0.5) is 0 Å². The fourth-order valence-electron chi connectivity index (χ4n) is 3.11. The Morgan fingerprint density at radius 1 is 1.22 bits per heavy atom. The number of allylic oxidation sites excluding steroid dienone is 1. The van der Waals surface area contributed by atoms with Crippen molar-refractivity contribution in [2.45, 2.75) is 43.4 Å². The van der Waals surface area contributed by atoms with Gasteiger partial charge in [0.25, 0.3) is 5.56 Å². The molecule has 1 heterocycles. The van der Waals surface area contributed by atoms with E-state index in [2.05, 4.69) is 23.7 Å². The minimum absolute atomic E-state index is 0.0167. The van der Waals surface area contributed by atoms with Crippen molar-refractivity contribution < 1.29 is 4.79 Å². The van der Waals surface area contributed by atoms with Crippen LogP contribution in [0.3, 0.4) is 0 Å². The van der Waals surface area contributed by atoms with Crippen molar-refractivity contribution in [3.8, 4) is 0 Å². The Bertz CT molecular complexity index is 895. The van der Waals surface area contributed by atoms with Gasteiger partial charge in [-0.05, 0) is 55.4 Å². The van der Waals surface area contributed by atoms with E-state index in [-0.39, 0.29) is 11.5 Å². The van der Waals surface area contributed by atoms with Crippen LogP contribution in [0.1, 0.15) is 55.3 Å². The Labute approximate surface area is 165 Å². The number of carbonyl (C=O) groups excluding carboxylic acids is 1. The minimum atomic E-state index is 0.0167. The van der Waals surface area contributed by atoms with E-state index in [0.29, 0.717) is 12.5 Å². The zero-order valence-electron chi connectivity index (χ0n) is 15.9. The van der Waals surface area contributed by atoms with Crippen LogP contribution in [0, 0.1) is 0 Å². The molecule has 1 fully saturated rings. The van der Waals surface area contributed by atoms with Gasteiger partial charge in [-0.1, -0.05) is 24.3 Å². The third-order valence-corrected chi connectivity index (χ3v) is 5.31. The number of aromatic nitrogens is 1. The van der Waals surface area contributed by atoms with Crippen LogP contribution >= 0.6 is 12.6 Å². The maximum atomic E-state index is 12.5. The number of unbranched alkanes of at least 4 members (excludes halogenated alkanes) is 1. The average Bonchev–Trinajstić information content (AvgIpc) is 3.47. The molecule has 1 aromatic carbocycles. The lowest BCUT2D eigenvalue weighted by molar-refractivity contribution is -0.127. The number of nitrogens with zero attached hydrogens (tertiary/aromatic N) is 1. The van der Waals surface area contributed by atoms with Gasteiger partial charge in [-0.3, -0.25) is 9.59 Å². The molecule has 0 spiro atoms. The minimum Gasteiger partial charge on any atom is -0.346 e. The number of aromatic amines is 1. The van der Waals surface area contributed by atoms with Crippen LogP contribution < -0.4 is 5.56 Å². The molecule has 0 unspecified atom stereocenters. The third kappa shape index (κ3) is 5.13. The molecule has 0 atom stereocenters. The van der Waals surface area contributed by atoms with E-state index in [0.717, 1.165) is 53.0 Å². The van der Waals surface area contributed by atoms with Crippen LogP contribution in [0.25, 0.3) is 5.57 Å². The van der Waals surface area contributed by atoms with E-state index in [1.807, 2.05) is 43.4 Å². The summed E-state index contributed by atoms with van der Waals surface area (Å²) in [5.41, 5.74) is 3.79. The van der Waals surface area contributed by atoms with Crippen molar-refractivity contribution >= 4 is 24.1 Å². The Kier molecular flexibility index (Phi) is 6.22. The van der Waals surface area contributed by atoms with Gasteiger partial charge in [-0.2, -0.15) is 0 Å². The first-order chi connectivity index (χ1) is 13.0. The van der Waals surface area contributed by atoms with Crippen LogP contribution in [-0.4, -0.2) is 29.4 Å². The van der Waals surface area contributed by atoms with E-state index in [1.54, 1.807) is 11.8 Å². The molecule has 5 heteroatoms. The lowest BCUT2D eigenvalue weighted by Gasteiger charge is -2.14. The standard InChI is InChI=1S/C22H26N2O2S/c1-15(25)24(2)14-4-3-5-19(16-8-10-18(27)11-9-16)21-13-12-20(17-6-7-17)22(26)23-21/h5,8-13,17,27H,3-4,6-7,14H2,1-2H3,(H,23,26)/b19-5+. The first-order valence-corrected chi connectivity index (χ1v) is 9.85. The van der Waals surface area contributed by atoms with Crippen LogP contribution in [0.5, 0.6) is 0 Å². The number of amides is 1. The van der Waals surface area contributed by atoms with Crippen molar-refractivity contribution in [2.75, 3.05) is 13.6 Å². The van der Waals surface area contributed by atoms with Gasteiger partial charge in [0.05, 0.1) is 0 Å². The van der Waals surface area contributed by atoms with Gasteiger partial charge in [0.15, 0.2) is 0 Å². The number of thiol groups is 1. The topological polar surface area (TPSA) is 53.2 Å². The average molecular weight is 383 g/mol. The number of benzene rings is 1.